The third-order valence-electron chi connectivity index (χ3n) is 5.62. The summed E-state index contributed by atoms with van der Waals surface area (Å²) in [4.78, 5) is 0.740. The number of halogens is 10. The summed E-state index contributed by atoms with van der Waals surface area (Å²) < 4.78 is 143. The number of hydrogen-bond donors (Lipinski definition) is 0. The van der Waals surface area contributed by atoms with Crippen LogP contribution < -0.4 is 0 Å². The molecule has 186 valence electrons. The van der Waals surface area contributed by atoms with Crippen LogP contribution in [0.1, 0.15) is 9.75 Å². The molecule has 0 bridgehead atoms. The molecule has 0 radical (unpaired) electrons. The monoisotopic (exact) mass is 550 g/mol. The van der Waals surface area contributed by atoms with Gasteiger partial charge in [0.1, 0.15) is 0 Å². The van der Waals surface area contributed by atoms with E-state index in [1.54, 1.807) is 0 Å². The maximum Gasteiger partial charge on any atom is 0.200 e. The zero-order valence-corrected chi connectivity index (χ0v) is 19.4. The second kappa shape index (κ2) is 8.20. The van der Waals surface area contributed by atoms with Crippen LogP contribution >= 0.6 is 22.7 Å². The highest BCUT2D eigenvalue weighted by Gasteiger charge is 2.34. The summed E-state index contributed by atoms with van der Waals surface area (Å²) in [6.07, 6.45) is 0. The molecule has 0 aliphatic rings. The van der Waals surface area contributed by atoms with Crippen molar-refractivity contribution in [2.24, 2.45) is 0 Å². The van der Waals surface area contributed by atoms with Crippen LogP contribution in [0.3, 0.4) is 0 Å². The quantitative estimate of drug-likeness (QED) is 0.117. The van der Waals surface area contributed by atoms with Gasteiger partial charge >= 0.3 is 0 Å². The molecular weight excluding hydrogens is 542 g/mol. The summed E-state index contributed by atoms with van der Waals surface area (Å²) >= 11 is 1.58. The van der Waals surface area contributed by atoms with Crippen molar-refractivity contribution >= 4 is 42.8 Å². The lowest BCUT2D eigenvalue weighted by Crippen LogP contribution is -2.06. The molecule has 0 nitrogen and oxygen atoms in total. The molecule has 0 saturated heterocycles. The van der Waals surface area contributed by atoms with Crippen LogP contribution in [0.2, 0.25) is 0 Å². The number of aryl methyl sites for hydroxylation is 2. The van der Waals surface area contributed by atoms with Gasteiger partial charge in [-0.2, -0.15) is 0 Å². The second-order valence-corrected chi connectivity index (χ2v) is 10.4. The highest BCUT2D eigenvalue weighted by molar-refractivity contribution is 7.21. The van der Waals surface area contributed by atoms with Gasteiger partial charge in [-0.05, 0) is 26.0 Å². The fraction of sp³-hybridized carbons (Fsp3) is 0.0833. The predicted molar refractivity (Wildman–Crippen MR) is 117 cm³/mol. The van der Waals surface area contributed by atoms with Crippen molar-refractivity contribution in [1.82, 2.24) is 0 Å². The minimum atomic E-state index is -2.37. The number of rotatable bonds is 2. The summed E-state index contributed by atoms with van der Waals surface area (Å²) in [6.45, 7) is 2.96. The Kier molecular flexibility index (Phi) is 5.60. The highest BCUT2D eigenvalue weighted by Crippen LogP contribution is 2.52. The minimum absolute atomic E-state index is 0.167. The molecule has 0 saturated carbocycles. The van der Waals surface area contributed by atoms with E-state index < -0.39 is 80.4 Å². The van der Waals surface area contributed by atoms with Crippen LogP contribution in [0.5, 0.6) is 0 Å². The maximum atomic E-state index is 14.9. The van der Waals surface area contributed by atoms with Gasteiger partial charge in [0, 0.05) is 41.1 Å². The lowest BCUT2D eigenvalue weighted by Gasteiger charge is -2.15. The number of benzene rings is 3. The van der Waals surface area contributed by atoms with Crippen LogP contribution in [0.15, 0.2) is 12.1 Å². The van der Waals surface area contributed by atoms with Gasteiger partial charge in [-0.3, -0.25) is 0 Å². The topological polar surface area (TPSA) is 0 Å². The average molecular weight is 550 g/mol. The first-order valence-corrected chi connectivity index (χ1v) is 11.5. The molecule has 36 heavy (non-hydrogen) atoms. The molecule has 5 rings (SSSR count). The smallest absolute Gasteiger partial charge is 0.200 e. The summed E-state index contributed by atoms with van der Waals surface area (Å²) in [5.74, 6) is -22.1. The maximum absolute atomic E-state index is 14.9. The Hall–Kier alpha value is -3.12. The van der Waals surface area contributed by atoms with E-state index in [1.165, 1.54) is 26.0 Å². The van der Waals surface area contributed by atoms with Crippen molar-refractivity contribution in [2.75, 3.05) is 0 Å². The normalized spacial score (nSPS) is 11.9. The van der Waals surface area contributed by atoms with Crippen LogP contribution in [-0.4, -0.2) is 0 Å². The van der Waals surface area contributed by atoms with Crippen LogP contribution in [-0.2, 0) is 0 Å². The molecule has 0 fully saturated rings. The zero-order chi connectivity index (χ0) is 26.4. The lowest BCUT2D eigenvalue weighted by molar-refractivity contribution is 0.381. The average Bonchev–Trinajstić information content (AvgIpc) is 3.41. The van der Waals surface area contributed by atoms with Crippen molar-refractivity contribution in [3.63, 3.8) is 0 Å². The van der Waals surface area contributed by atoms with Gasteiger partial charge in [-0.15, -0.1) is 22.7 Å². The first-order valence-electron chi connectivity index (χ1n) is 9.86. The van der Waals surface area contributed by atoms with Crippen molar-refractivity contribution < 1.29 is 43.9 Å². The van der Waals surface area contributed by atoms with E-state index in [1.807, 2.05) is 0 Å². The minimum Gasteiger partial charge on any atom is -0.203 e. The van der Waals surface area contributed by atoms with Gasteiger partial charge in [0.15, 0.2) is 46.5 Å². The molecule has 0 amide bonds. The number of thiophene rings is 2. The van der Waals surface area contributed by atoms with Gasteiger partial charge in [0.2, 0.25) is 11.6 Å². The largest absolute Gasteiger partial charge is 0.203 e. The van der Waals surface area contributed by atoms with Gasteiger partial charge < -0.3 is 0 Å². The van der Waals surface area contributed by atoms with E-state index >= 15 is 0 Å². The van der Waals surface area contributed by atoms with Crippen molar-refractivity contribution in [3.8, 4) is 22.3 Å². The third-order valence-corrected chi connectivity index (χ3v) is 7.76. The Morgan fingerprint density at radius 3 is 0.917 bits per heavy atom. The molecule has 0 atom stereocenters. The Labute approximate surface area is 203 Å². The lowest BCUT2D eigenvalue weighted by atomic mass is 9.92. The second-order valence-electron chi connectivity index (χ2n) is 7.84. The van der Waals surface area contributed by atoms with Crippen molar-refractivity contribution in [3.05, 3.63) is 80.1 Å². The summed E-state index contributed by atoms with van der Waals surface area (Å²) in [5, 5.41) is -0.372. The SMILES string of the molecule is Cc1cc2c(-c3c(F)c(F)c(F)c(F)c3F)c3sc(C)cc3c(-c3c(F)c(F)c(F)c(F)c3F)c2s1. The first-order chi connectivity index (χ1) is 16.9. The molecule has 0 aliphatic heterocycles. The molecule has 0 N–H and O–H groups in total. The predicted octanol–water partition coefficient (Wildman–Crippen LogP) is 9.46. The molecule has 0 unspecified atom stereocenters. The molecule has 0 spiro atoms. The van der Waals surface area contributed by atoms with Crippen LogP contribution in [0.4, 0.5) is 43.9 Å². The molecule has 3 aromatic carbocycles. The zero-order valence-electron chi connectivity index (χ0n) is 17.8. The number of fused-ring (bicyclic) bond motifs is 2. The number of hydrogen-bond acceptors (Lipinski definition) is 2. The summed E-state index contributed by atoms with van der Waals surface area (Å²) in [7, 11) is 0. The Morgan fingerprint density at radius 1 is 0.389 bits per heavy atom. The third kappa shape index (κ3) is 3.20. The molecule has 2 heterocycles. The van der Waals surface area contributed by atoms with Crippen molar-refractivity contribution in [1.29, 1.82) is 0 Å². The van der Waals surface area contributed by atoms with Crippen molar-refractivity contribution in [2.45, 2.75) is 13.8 Å². The fourth-order valence-electron chi connectivity index (χ4n) is 4.16. The van der Waals surface area contributed by atoms with E-state index in [0.717, 1.165) is 22.7 Å². The standard InChI is InChI=1S/C24H8F10S2/c1-5-3-7-9(11-13(25)17(29)21(33)18(30)14(11)26)24-8(4-6(2)36-24)10(23(7)35-5)12-15(27)19(31)22(34)20(32)16(12)28/h3-4H,1-2H3. The Balaban J connectivity index is 2.07. The summed E-state index contributed by atoms with van der Waals surface area (Å²) in [5.41, 5.74) is -3.46. The van der Waals surface area contributed by atoms with Crippen LogP contribution in [0.25, 0.3) is 42.4 Å². The van der Waals surface area contributed by atoms with E-state index in [9.17, 15) is 43.9 Å². The van der Waals surface area contributed by atoms with Gasteiger partial charge in [-0.1, -0.05) is 0 Å². The fourth-order valence-corrected chi connectivity index (χ4v) is 6.33. The van der Waals surface area contributed by atoms with Gasteiger partial charge in [-0.25, -0.2) is 43.9 Å². The molecular formula is C24H8F10S2. The first kappa shape index (κ1) is 24.6. The van der Waals surface area contributed by atoms with Crippen LogP contribution in [0, 0.1) is 72.0 Å². The molecule has 5 aromatic rings. The molecule has 12 heteroatoms. The van der Waals surface area contributed by atoms with E-state index in [-0.39, 0.29) is 20.2 Å². The van der Waals surface area contributed by atoms with Gasteiger partial charge in [0.05, 0.1) is 11.1 Å². The highest BCUT2D eigenvalue weighted by atomic mass is 32.1. The van der Waals surface area contributed by atoms with Gasteiger partial charge in [0.25, 0.3) is 0 Å². The summed E-state index contributed by atoms with van der Waals surface area (Å²) in [6, 6.07) is 2.55. The van der Waals surface area contributed by atoms with E-state index in [2.05, 4.69) is 0 Å². The van der Waals surface area contributed by atoms with E-state index in [0.29, 0.717) is 9.75 Å². The molecule has 2 aromatic heterocycles. The Bertz CT molecular complexity index is 1520. The molecule has 0 aliphatic carbocycles. The van der Waals surface area contributed by atoms with E-state index in [4.69, 9.17) is 0 Å². The Morgan fingerprint density at radius 2 is 0.639 bits per heavy atom.